The van der Waals surface area contributed by atoms with Gasteiger partial charge in [-0.05, 0) is 49.4 Å². The van der Waals surface area contributed by atoms with Crippen molar-refractivity contribution in [1.29, 1.82) is 0 Å². The summed E-state index contributed by atoms with van der Waals surface area (Å²) in [6.45, 7) is 4.40. The molecule has 2 aliphatic rings. The third-order valence-electron chi connectivity index (χ3n) is 6.45. The van der Waals surface area contributed by atoms with E-state index in [2.05, 4.69) is 37.7 Å². The highest BCUT2D eigenvalue weighted by Gasteiger charge is 2.55. The van der Waals surface area contributed by atoms with Crippen LogP contribution in [-0.4, -0.2) is 43.6 Å². The van der Waals surface area contributed by atoms with E-state index in [0.29, 0.717) is 12.4 Å². The minimum atomic E-state index is -0.664. The zero-order chi connectivity index (χ0) is 21.9. The quantitative estimate of drug-likeness (QED) is 0.527. The summed E-state index contributed by atoms with van der Waals surface area (Å²) in [6.07, 6.45) is 7.55. The van der Waals surface area contributed by atoms with Crippen LogP contribution in [0, 0.1) is 0 Å². The maximum Gasteiger partial charge on any atom is 0.164 e. The Morgan fingerprint density at radius 3 is 2.91 bits per heavy atom. The Bertz CT molecular complexity index is 1300. The van der Waals surface area contributed by atoms with Gasteiger partial charge in [-0.15, -0.1) is 0 Å². The Hall–Kier alpha value is -3.07. The summed E-state index contributed by atoms with van der Waals surface area (Å²) < 4.78 is 21.2. The van der Waals surface area contributed by atoms with Gasteiger partial charge in [0.05, 0.1) is 24.1 Å². The van der Waals surface area contributed by atoms with Gasteiger partial charge in [0.1, 0.15) is 30.0 Å². The van der Waals surface area contributed by atoms with Crippen molar-refractivity contribution in [2.75, 3.05) is 5.73 Å². The standard InChI is InChI=1S/C24H25N5O3/c1-24(2)31-20-18(29-8-6-17-22(25)27-13-28-23(17)29)10-19(21(20)32-24)30-12-14-3-4-16-11-26-7-5-15(16)9-14/h3-9,11,13,18-21H,10,12H2,1-2H3,(H2,25,27,28)/t18-,19+,20+,21?/m1/s1. The maximum atomic E-state index is 6.42. The van der Waals surface area contributed by atoms with Crippen LogP contribution in [0.25, 0.3) is 21.8 Å². The average molecular weight is 431 g/mol. The molecule has 4 atom stereocenters. The summed E-state index contributed by atoms with van der Waals surface area (Å²) in [5, 5.41) is 3.12. The first kappa shape index (κ1) is 19.6. The molecule has 32 heavy (non-hydrogen) atoms. The van der Waals surface area contributed by atoms with Crippen LogP contribution in [-0.2, 0) is 20.8 Å². The zero-order valence-electron chi connectivity index (χ0n) is 18.0. The third-order valence-corrected chi connectivity index (χ3v) is 6.45. The first-order valence-corrected chi connectivity index (χ1v) is 10.9. The number of pyridine rings is 1. The molecule has 1 saturated heterocycles. The Morgan fingerprint density at radius 1 is 1.12 bits per heavy atom. The molecular weight excluding hydrogens is 406 g/mol. The highest BCUT2D eigenvalue weighted by molar-refractivity contribution is 5.86. The molecule has 4 heterocycles. The lowest BCUT2D eigenvalue weighted by atomic mass is 10.1. The normalized spacial score (nSPS) is 26.7. The van der Waals surface area contributed by atoms with Gasteiger partial charge in [-0.1, -0.05) is 12.1 Å². The average Bonchev–Trinajstić information content (AvgIpc) is 3.44. The number of nitrogens with zero attached hydrogens (tertiary/aromatic N) is 4. The van der Waals surface area contributed by atoms with Crippen LogP contribution in [0.3, 0.4) is 0 Å². The SMILES string of the molecule is CC1(C)OC2[C@@H](OCc3ccc4cnccc4c3)C[C@@H](n3ccc4c(N)ncnc43)[C@@H]2O1. The molecular formula is C24H25N5O3. The topological polar surface area (TPSA) is 97.3 Å². The summed E-state index contributed by atoms with van der Waals surface area (Å²) in [5.74, 6) is -0.186. The Kier molecular flexibility index (Phi) is 4.43. The van der Waals surface area contributed by atoms with Crippen LogP contribution < -0.4 is 5.73 Å². The summed E-state index contributed by atoms with van der Waals surface area (Å²) >= 11 is 0. The lowest BCUT2D eigenvalue weighted by molar-refractivity contribution is -0.171. The minimum Gasteiger partial charge on any atom is -0.383 e. The molecule has 1 aliphatic carbocycles. The number of ether oxygens (including phenoxy) is 3. The van der Waals surface area contributed by atoms with Crippen molar-refractivity contribution in [3.8, 4) is 0 Å². The molecule has 0 bridgehead atoms. The molecule has 0 spiro atoms. The number of rotatable bonds is 4. The van der Waals surface area contributed by atoms with Gasteiger partial charge in [0.2, 0.25) is 0 Å². The second kappa shape index (κ2) is 7.23. The first-order chi connectivity index (χ1) is 15.5. The first-order valence-electron chi connectivity index (χ1n) is 10.9. The van der Waals surface area contributed by atoms with Crippen molar-refractivity contribution in [3.63, 3.8) is 0 Å². The fourth-order valence-electron chi connectivity index (χ4n) is 5.03. The Labute approximate surface area is 185 Å². The van der Waals surface area contributed by atoms with Crippen LogP contribution in [0.4, 0.5) is 5.82 Å². The van der Waals surface area contributed by atoms with E-state index < -0.39 is 5.79 Å². The van der Waals surface area contributed by atoms with E-state index in [1.54, 1.807) is 0 Å². The highest BCUT2D eigenvalue weighted by atomic mass is 16.8. The van der Waals surface area contributed by atoms with Crippen LogP contribution in [0.1, 0.15) is 31.9 Å². The van der Waals surface area contributed by atoms with Gasteiger partial charge in [0.15, 0.2) is 5.79 Å². The van der Waals surface area contributed by atoms with E-state index >= 15 is 0 Å². The van der Waals surface area contributed by atoms with Crippen molar-refractivity contribution in [2.45, 2.75) is 57.0 Å². The maximum absolute atomic E-state index is 6.42. The number of fused-ring (bicyclic) bond motifs is 3. The van der Waals surface area contributed by atoms with E-state index in [1.165, 1.54) is 6.33 Å². The van der Waals surface area contributed by atoms with Crippen molar-refractivity contribution in [2.24, 2.45) is 0 Å². The monoisotopic (exact) mass is 431 g/mol. The van der Waals surface area contributed by atoms with E-state index in [4.69, 9.17) is 19.9 Å². The number of hydrogen-bond donors (Lipinski definition) is 1. The lowest BCUT2D eigenvalue weighted by Gasteiger charge is -2.24. The largest absolute Gasteiger partial charge is 0.383 e. The second-order valence-electron chi connectivity index (χ2n) is 8.99. The molecule has 1 unspecified atom stereocenters. The molecule has 0 radical (unpaired) electrons. The predicted octanol–water partition coefficient (Wildman–Crippen LogP) is 3.61. The van der Waals surface area contributed by atoms with Crippen LogP contribution in [0.15, 0.2) is 55.2 Å². The van der Waals surface area contributed by atoms with Crippen molar-refractivity contribution in [3.05, 3.63) is 60.8 Å². The molecule has 4 aromatic rings. The number of hydrogen-bond acceptors (Lipinski definition) is 7. The predicted molar refractivity (Wildman–Crippen MR) is 120 cm³/mol. The van der Waals surface area contributed by atoms with Gasteiger partial charge in [0.25, 0.3) is 0 Å². The molecule has 2 N–H and O–H groups in total. The number of benzene rings is 1. The molecule has 3 aromatic heterocycles. The van der Waals surface area contributed by atoms with Crippen LogP contribution in [0.2, 0.25) is 0 Å². The second-order valence-corrected chi connectivity index (χ2v) is 8.99. The number of nitrogens with two attached hydrogens (primary N) is 1. The van der Waals surface area contributed by atoms with E-state index in [9.17, 15) is 0 Å². The highest BCUT2D eigenvalue weighted by Crippen LogP contribution is 2.46. The summed E-state index contributed by atoms with van der Waals surface area (Å²) in [5.41, 5.74) is 7.97. The van der Waals surface area contributed by atoms with Crippen molar-refractivity contribution >= 4 is 27.6 Å². The van der Waals surface area contributed by atoms with Crippen molar-refractivity contribution in [1.82, 2.24) is 19.5 Å². The zero-order valence-corrected chi connectivity index (χ0v) is 18.0. The molecule has 6 rings (SSSR count). The fraction of sp³-hybridized carbons (Fsp3) is 0.375. The minimum absolute atomic E-state index is 0.0289. The molecule has 8 heteroatoms. The van der Waals surface area contributed by atoms with E-state index in [-0.39, 0.29) is 24.4 Å². The van der Waals surface area contributed by atoms with Gasteiger partial charge in [-0.3, -0.25) is 4.98 Å². The molecule has 8 nitrogen and oxygen atoms in total. The molecule has 2 fully saturated rings. The van der Waals surface area contributed by atoms with Crippen LogP contribution in [0.5, 0.6) is 0 Å². The molecule has 164 valence electrons. The van der Waals surface area contributed by atoms with Crippen molar-refractivity contribution < 1.29 is 14.2 Å². The van der Waals surface area contributed by atoms with Gasteiger partial charge in [0, 0.05) is 24.0 Å². The Balaban J connectivity index is 1.28. The smallest absolute Gasteiger partial charge is 0.164 e. The third kappa shape index (κ3) is 3.23. The molecule has 1 aliphatic heterocycles. The number of nitrogen functional groups attached to an aromatic ring is 1. The summed E-state index contributed by atoms with van der Waals surface area (Å²) in [7, 11) is 0. The van der Waals surface area contributed by atoms with Gasteiger partial charge < -0.3 is 24.5 Å². The Morgan fingerprint density at radius 2 is 2.00 bits per heavy atom. The van der Waals surface area contributed by atoms with Gasteiger partial charge in [-0.2, -0.15) is 0 Å². The summed E-state index contributed by atoms with van der Waals surface area (Å²) in [6, 6.07) is 10.3. The molecule has 1 aromatic carbocycles. The number of anilines is 1. The van der Waals surface area contributed by atoms with Gasteiger partial charge >= 0.3 is 0 Å². The summed E-state index contributed by atoms with van der Waals surface area (Å²) in [4.78, 5) is 12.8. The van der Waals surface area contributed by atoms with E-state index in [1.807, 2.05) is 44.6 Å². The molecule has 1 saturated carbocycles. The number of aromatic nitrogens is 4. The van der Waals surface area contributed by atoms with Crippen LogP contribution >= 0.6 is 0 Å². The van der Waals surface area contributed by atoms with E-state index in [0.717, 1.165) is 33.8 Å². The lowest BCUT2D eigenvalue weighted by Crippen LogP contribution is -2.30. The fourth-order valence-corrected chi connectivity index (χ4v) is 5.03. The molecule has 0 amide bonds. The van der Waals surface area contributed by atoms with Gasteiger partial charge in [-0.25, -0.2) is 9.97 Å².